The minimum Gasteiger partial charge on any atom is -0.389 e. The summed E-state index contributed by atoms with van der Waals surface area (Å²) in [6, 6.07) is 0.423. The minimum atomic E-state index is -0.369. The molecule has 2 fully saturated rings. The molecular weight excluding hydrogens is 238 g/mol. The zero-order valence-corrected chi connectivity index (χ0v) is 12.6. The molecule has 2 N–H and O–H groups in total. The van der Waals surface area contributed by atoms with Crippen molar-refractivity contribution in [2.75, 3.05) is 13.2 Å². The van der Waals surface area contributed by atoms with Crippen molar-refractivity contribution in [2.45, 2.75) is 77.0 Å². The lowest BCUT2D eigenvalue weighted by molar-refractivity contribution is -0.0739. The van der Waals surface area contributed by atoms with E-state index in [1.807, 2.05) is 0 Å². The topological polar surface area (TPSA) is 41.5 Å². The maximum absolute atomic E-state index is 9.94. The Kier molecular flexibility index (Phi) is 6.11. The van der Waals surface area contributed by atoms with E-state index in [-0.39, 0.29) is 6.10 Å². The molecule has 3 nitrogen and oxygen atoms in total. The fourth-order valence-corrected chi connectivity index (χ4v) is 3.75. The van der Waals surface area contributed by atoms with Gasteiger partial charge < -0.3 is 15.2 Å². The molecule has 0 aromatic heterocycles. The van der Waals surface area contributed by atoms with Gasteiger partial charge in [0, 0.05) is 12.6 Å². The van der Waals surface area contributed by atoms with Gasteiger partial charge in [0.15, 0.2) is 0 Å². The number of nitrogens with one attached hydrogen (secondary N) is 1. The second-order valence-corrected chi connectivity index (χ2v) is 6.73. The summed E-state index contributed by atoms with van der Waals surface area (Å²) < 4.78 is 6.06. The first kappa shape index (κ1) is 15.3. The molecule has 0 aliphatic heterocycles. The van der Waals surface area contributed by atoms with Crippen LogP contribution >= 0.6 is 0 Å². The van der Waals surface area contributed by atoms with Crippen LogP contribution in [0.1, 0.15) is 58.8 Å². The molecule has 2 aliphatic carbocycles. The lowest BCUT2D eigenvalue weighted by atomic mass is 9.69. The molecule has 0 aromatic carbocycles. The fraction of sp³-hybridized carbons (Fsp3) is 1.00. The van der Waals surface area contributed by atoms with E-state index in [4.69, 9.17) is 4.74 Å². The van der Waals surface area contributed by atoms with Crippen molar-refractivity contribution in [3.63, 3.8) is 0 Å². The summed E-state index contributed by atoms with van der Waals surface area (Å²) in [5.41, 5.74) is 0. The molecule has 4 unspecified atom stereocenters. The van der Waals surface area contributed by atoms with E-state index >= 15 is 0 Å². The van der Waals surface area contributed by atoms with Gasteiger partial charge in [-0.1, -0.05) is 39.5 Å². The van der Waals surface area contributed by atoms with Crippen molar-refractivity contribution in [3.8, 4) is 0 Å². The highest BCUT2D eigenvalue weighted by Gasteiger charge is 2.35. The van der Waals surface area contributed by atoms with Crippen molar-refractivity contribution in [2.24, 2.45) is 11.8 Å². The number of hydrogen-bond donors (Lipinski definition) is 2. The van der Waals surface area contributed by atoms with Crippen molar-refractivity contribution in [1.82, 2.24) is 5.32 Å². The summed E-state index contributed by atoms with van der Waals surface area (Å²) in [7, 11) is 0. The standard InChI is InChI=1S/C16H31NO2/c1-12(2)17-10-14(18)11-19-16-9-5-7-13-6-3-4-8-15(13)16/h12-18H,3-11H2,1-2H3. The fourth-order valence-electron chi connectivity index (χ4n) is 3.75. The molecule has 0 saturated heterocycles. The second-order valence-electron chi connectivity index (χ2n) is 6.73. The molecule has 2 aliphatic rings. The second kappa shape index (κ2) is 7.61. The Morgan fingerprint density at radius 3 is 2.63 bits per heavy atom. The Labute approximate surface area is 118 Å². The van der Waals surface area contributed by atoms with Crippen molar-refractivity contribution in [1.29, 1.82) is 0 Å². The number of aliphatic hydroxyl groups excluding tert-OH is 1. The summed E-state index contributed by atoms with van der Waals surface area (Å²) in [5, 5.41) is 13.2. The third-order valence-corrected chi connectivity index (χ3v) is 4.77. The van der Waals surface area contributed by atoms with Gasteiger partial charge in [0.25, 0.3) is 0 Å². The molecule has 112 valence electrons. The number of ether oxygens (including phenoxy) is 1. The lowest BCUT2D eigenvalue weighted by Crippen LogP contribution is -2.40. The Balaban J connectivity index is 1.71. The Bertz CT molecular complexity index is 255. The summed E-state index contributed by atoms with van der Waals surface area (Å²) in [5.74, 6) is 1.67. The van der Waals surface area contributed by atoms with Crippen LogP contribution in [0.5, 0.6) is 0 Å². The SMILES string of the molecule is CC(C)NCC(O)COC1CCCC2CCCCC21. The zero-order chi connectivity index (χ0) is 13.7. The van der Waals surface area contributed by atoms with Crippen LogP contribution in [0.25, 0.3) is 0 Å². The number of rotatable bonds is 6. The van der Waals surface area contributed by atoms with Gasteiger partial charge in [-0.3, -0.25) is 0 Å². The van der Waals surface area contributed by atoms with Gasteiger partial charge in [-0.25, -0.2) is 0 Å². The minimum absolute atomic E-state index is 0.369. The molecule has 2 rings (SSSR count). The lowest BCUT2D eigenvalue weighted by Gasteiger charge is -2.41. The van der Waals surface area contributed by atoms with Crippen LogP contribution < -0.4 is 5.32 Å². The number of aliphatic hydroxyl groups is 1. The van der Waals surface area contributed by atoms with E-state index in [0.717, 1.165) is 11.8 Å². The molecule has 0 bridgehead atoms. The molecule has 0 radical (unpaired) electrons. The van der Waals surface area contributed by atoms with Crippen LogP contribution in [0.3, 0.4) is 0 Å². The highest BCUT2D eigenvalue weighted by molar-refractivity contribution is 4.86. The number of hydrogen-bond acceptors (Lipinski definition) is 3. The summed E-state index contributed by atoms with van der Waals surface area (Å²) in [4.78, 5) is 0. The smallest absolute Gasteiger partial charge is 0.0897 e. The maximum Gasteiger partial charge on any atom is 0.0897 e. The van der Waals surface area contributed by atoms with Crippen molar-refractivity contribution >= 4 is 0 Å². The highest BCUT2D eigenvalue weighted by Crippen LogP contribution is 2.41. The molecule has 0 aromatic rings. The normalized spacial score (nSPS) is 33.2. The van der Waals surface area contributed by atoms with Crippen LogP contribution in [-0.4, -0.2) is 36.5 Å². The van der Waals surface area contributed by atoms with Crippen molar-refractivity contribution in [3.05, 3.63) is 0 Å². The van der Waals surface area contributed by atoms with Crippen LogP contribution in [0.2, 0.25) is 0 Å². The van der Waals surface area contributed by atoms with E-state index < -0.39 is 0 Å². The predicted octanol–water partition coefficient (Wildman–Crippen LogP) is 2.72. The third kappa shape index (κ3) is 4.73. The Morgan fingerprint density at radius 1 is 1.11 bits per heavy atom. The van der Waals surface area contributed by atoms with Crippen LogP contribution in [-0.2, 0) is 4.74 Å². The van der Waals surface area contributed by atoms with E-state index in [1.165, 1.54) is 44.9 Å². The van der Waals surface area contributed by atoms with Gasteiger partial charge in [0.1, 0.15) is 0 Å². The average molecular weight is 269 g/mol. The molecule has 0 amide bonds. The van der Waals surface area contributed by atoms with Gasteiger partial charge in [0.05, 0.1) is 18.8 Å². The van der Waals surface area contributed by atoms with Crippen LogP contribution in [0, 0.1) is 11.8 Å². The van der Waals surface area contributed by atoms with Gasteiger partial charge >= 0.3 is 0 Å². The Hall–Kier alpha value is -0.120. The van der Waals surface area contributed by atoms with Gasteiger partial charge in [-0.2, -0.15) is 0 Å². The van der Waals surface area contributed by atoms with E-state index in [1.54, 1.807) is 0 Å². The first-order valence-electron chi connectivity index (χ1n) is 8.20. The summed E-state index contributed by atoms with van der Waals surface area (Å²) in [6.07, 6.45) is 9.49. The van der Waals surface area contributed by atoms with E-state index in [9.17, 15) is 5.11 Å². The molecule has 2 saturated carbocycles. The highest BCUT2D eigenvalue weighted by atomic mass is 16.5. The molecule has 4 atom stereocenters. The number of fused-ring (bicyclic) bond motifs is 1. The average Bonchev–Trinajstić information content (AvgIpc) is 2.42. The largest absolute Gasteiger partial charge is 0.389 e. The van der Waals surface area contributed by atoms with Crippen LogP contribution in [0.15, 0.2) is 0 Å². The van der Waals surface area contributed by atoms with Gasteiger partial charge in [-0.15, -0.1) is 0 Å². The van der Waals surface area contributed by atoms with Gasteiger partial charge in [0.2, 0.25) is 0 Å². The zero-order valence-electron chi connectivity index (χ0n) is 12.6. The first-order chi connectivity index (χ1) is 9.16. The summed E-state index contributed by atoms with van der Waals surface area (Å²) in [6.45, 7) is 5.33. The Morgan fingerprint density at radius 2 is 1.84 bits per heavy atom. The quantitative estimate of drug-likeness (QED) is 0.779. The molecular formula is C16H31NO2. The monoisotopic (exact) mass is 269 g/mol. The van der Waals surface area contributed by atoms with Crippen molar-refractivity contribution < 1.29 is 9.84 Å². The molecule has 3 heteroatoms. The summed E-state index contributed by atoms with van der Waals surface area (Å²) >= 11 is 0. The molecule has 0 heterocycles. The molecule has 19 heavy (non-hydrogen) atoms. The van der Waals surface area contributed by atoms with Crippen LogP contribution in [0.4, 0.5) is 0 Å². The third-order valence-electron chi connectivity index (χ3n) is 4.77. The maximum atomic E-state index is 9.94. The predicted molar refractivity (Wildman–Crippen MR) is 78.2 cm³/mol. The van der Waals surface area contributed by atoms with Gasteiger partial charge in [-0.05, 0) is 31.1 Å². The first-order valence-corrected chi connectivity index (χ1v) is 8.20. The van der Waals surface area contributed by atoms with E-state index in [2.05, 4.69) is 19.2 Å². The molecule has 0 spiro atoms. The van der Waals surface area contributed by atoms with E-state index in [0.29, 0.717) is 25.3 Å².